The van der Waals surface area contributed by atoms with E-state index in [1.165, 1.54) is 29.7 Å². The highest BCUT2D eigenvalue weighted by Crippen LogP contribution is 2.27. The number of anilines is 2. The summed E-state index contributed by atoms with van der Waals surface area (Å²) in [7, 11) is -3.68. The van der Waals surface area contributed by atoms with E-state index in [-0.39, 0.29) is 16.1 Å². The fourth-order valence-electron chi connectivity index (χ4n) is 1.39. The van der Waals surface area contributed by atoms with Crippen molar-refractivity contribution in [2.45, 2.75) is 31.1 Å². The molecule has 0 saturated heterocycles. The topological polar surface area (TPSA) is 98.0 Å². The van der Waals surface area contributed by atoms with Crippen molar-refractivity contribution in [1.29, 1.82) is 0 Å². The van der Waals surface area contributed by atoms with Crippen molar-refractivity contribution in [2.24, 2.45) is 0 Å². The van der Waals surface area contributed by atoms with Crippen LogP contribution < -0.4 is 10.5 Å². The molecule has 108 valence electrons. The summed E-state index contributed by atoms with van der Waals surface area (Å²) in [5, 5.41) is 2.19. The lowest BCUT2D eigenvalue weighted by Gasteiger charge is -2.14. The quantitative estimate of drug-likeness (QED) is 0.905. The van der Waals surface area contributed by atoms with Crippen molar-refractivity contribution >= 4 is 32.3 Å². The second kappa shape index (κ2) is 5.02. The molecule has 2 heterocycles. The molecule has 0 radical (unpaired) electrons. The van der Waals surface area contributed by atoms with Gasteiger partial charge in [-0.15, -0.1) is 11.3 Å². The van der Waals surface area contributed by atoms with Crippen molar-refractivity contribution < 1.29 is 8.42 Å². The van der Waals surface area contributed by atoms with Crippen molar-refractivity contribution in [1.82, 2.24) is 9.97 Å². The summed E-state index contributed by atoms with van der Waals surface area (Å²) < 4.78 is 26.7. The van der Waals surface area contributed by atoms with Crippen LogP contribution in [0.4, 0.5) is 10.9 Å². The second-order valence-electron chi connectivity index (χ2n) is 5.31. The normalized spacial score (nSPS) is 12.3. The van der Waals surface area contributed by atoms with Crippen LogP contribution in [0, 0.1) is 0 Å². The molecule has 0 atom stereocenters. The third-order valence-electron chi connectivity index (χ3n) is 2.56. The Hall–Kier alpha value is -1.67. The van der Waals surface area contributed by atoms with Crippen LogP contribution in [-0.4, -0.2) is 18.4 Å². The smallest absolute Gasteiger partial charge is 0.265 e. The van der Waals surface area contributed by atoms with Gasteiger partial charge in [0.1, 0.15) is 10.7 Å². The molecule has 0 aliphatic carbocycles. The Balaban J connectivity index is 2.25. The number of nitrogens with two attached hydrogens (primary N) is 1. The summed E-state index contributed by atoms with van der Waals surface area (Å²) in [4.78, 5) is 8.12. The maximum atomic E-state index is 12.1. The molecular weight excluding hydrogens is 296 g/mol. The third-order valence-corrected chi connectivity index (χ3v) is 4.77. The van der Waals surface area contributed by atoms with E-state index in [4.69, 9.17) is 5.73 Å². The zero-order valence-electron chi connectivity index (χ0n) is 11.4. The van der Waals surface area contributed by atoms with Crippen LogP contribution in [-0.2, 0) is 15.4 Å². The van der Waals surface area contributed by atoms with Gasteiger partial charge in [0.25, 0.3) is 10.0 Å². The van der Waals surface area contributed by atoms with E-state index in [0.717, 1.165) is 5.69 Å². The summed E-state index contributed by atoms with van der Waals surface area (Å²) in [5.74, 6) is 0.271. The average molecular weight is 312 g/mol. The summed E-state index contributed by atoms with van der Waals surface area (Å²) in [5.41, 5.74) is 6.16. The molecule has 2 aromatic heterocycles. The van der Waals surface area contributed by atoms with E-state index in [0.29, 0.717) is 5.13 Å². The molecule has 0 aliphatic heterocycles. The lowest BCUT2D eigenvalue weighted by molar-refractivity contribution is 0.573. The Morgan fingerprint density at radius 1 is 1.30 bits per heavy atom. The summed E-state index contributed by atoms with van der Waals surface area (Å²) >= 11 is 1.25. The number of pyridine rings is 1. The molecule has 0 amide bonds. The number of nitrogens with one attached hydrogen (secondary N) is 1. The van der Waals surface area contributed by atoms with Crippen LogP contribution in [0.5, 0.6) is 0 Å². The number of hydrogen-bond donors (Lipinski definition) is 2. The highest BCUT2D eigenvalue weighted by Gasteiger charge is 2.20. The van der Waals surface area contributed by atoms with Crippen LogP contribution in [0.1, 0.15) is 26.5 Å². The molecule has 20 heavy (non-hydrogen) atoms. The van der Waals surface area contributed by atoms with E-state index in [1.54, 1.807) is 0 Å². The molecule has 0 unspecified atom stereocenters. The molecule has 6 nitrogen and oxygen atoms in total. The largest absolute Gasteiger partial charge is 0.384 e. The number of nitrogen functional groups attached to an aromatic ring is 1. The number of rotatable bonds is 3. The standard InChI is InChI=1S/C12H16N4O2S2/c1-12(2,3)9-7-19-11(15-9)16-20(17,18)8-4-5-10(13)14-6-8/h4-7H,1-3H3,(H2,13,14)(H,15,16). The van der Waals surface area contributed by atoms with Gasteiger partial charge in [-0.1, -0.05) is 20.8 Å². The first kappa shape index (κ1) is 14.7. The molecule has 0 saturated carbocycles. The molecule has 2 aromatic rings. The van der Waals surface area contributed by atoms with Crippen molar-refractivity contribution in [2.75, 3.05) is 10.5 Å². The maximum absolute atomic E-state index is 12.1. The summed E-state index contributed by atoms with van der Waals surface area (Å²) in [6.45, 7) is 6.05. The second-order valence-corrected chi connectivity index (χ2v) is 7.85. The zero-order valence-corrected chi connectivity index (χ0v) is 13.0. The zero-order chi connectivity index (χ0) is 15.0. The maximum Gasteiger partial charge on any atom is 0.265 e. The Labute approximate surface area is 122 Å². The van der Waals surface area contributed by atoms with E-state index in [9.17, 15) is 8.42 Å². The molecular formula is C12H16N4O2S2. The van der Waals surface area contributed by atoms with E-state index in [1.807, 2.05) is 26.2 Å². The van der Waals surface area contributed by atoms with Gasteiger partial charge in [0.2, 0.25) is 0 Å². The predicted octanol–water partition coefficient (Wildman–Crippen LogP) is 2.22. The molecule has 8 heteroatoms. The predicted molar refractivity (Wildman–Crippen MR) is 80.3 cm³/mol. The van der Waals surface area contributed by atoms with Crippen molar-refractivity contribution in [3.05, 3.63) is 29.4 Å². The number of aromatic nitrogens is 2. The number of sulfonamides is 1. The number of thiazole rings is 1. The van der Waals surface area contributed by atoms with Crippen LogP contribution in [0.25, 0.3) is 0 Å². The summed E-state index contributed by atoms with van der Waals surface area (Å²) in [6, 6.07) is 2.85. The van der Waals surface area contributed by atoms with Gasteiger partial charge in [-0.05, 0) is 12.1 Å². The first-order valence-electron chi connectivity index (χ1n) is 5.89. The van der Waals surface area contributed by atoms with Gasteiger partial charge in [0.05, 0.1) is 5.69 Å². The van der Waals surface area contributed by atoms with Gasteiger partial charge in [-0.3, -0.25) is 4.72 Å². The van der Waals surface area contributed by atoms with Gasteiger partial charge >= 0.3 is 0 Å². The van der Waals surface area contributed by atoms with Crippen LogP contribution in [0.2, 0.25) is 0 Å². The van der Waals surface area contributed by atoms with E-state index < -0.39 is 10.0 Å². The SMILES string of the molecule is CC(C)(C)c1csc(NS(=O)(=O)c2ccc(N)nc2)n1. The monoisotopic (exact) mass is 312 g/mol. The Bertz CT molecular complexity index is 700. The average Bonchev–Trinajstić information content (AvgIpc) is 2.77. The van der Waals surface area contributed by atoms with Crippen LogP contribution in [0.3, 0.4) is 0 Å². The first-order chi connectivity index (χ1) is 9.18. The van der Waals surface area contributed by atoms with Crippen LogP contribution in [0.15, 0.2) is 28.6 Å². The summed E-state index contributed by atoms with van der Waals surface area (Å²) in [6.07, 6.45) is 1.22. The minimum Gasteiger partial charge on any atom is -0.384 e. The molecule has 2 rings (SSSR count). The molecule has 3 N–H and O–H groups in total. The number of nitrogens with zero attached hydrogens (tertiary/aromatic N) is 2. The fourth-order valence-corrected chi connectivity index (χ4v) is 3.52. The first-order valence-corrected chi connectivity index (χ1v) is 8.25. The van der Waals surface area contributed by atoms with Gasteiger partial charge in [0.15, 0.2) is 5.13 Å². The highest BCUT2D eigenvalue weighted by atomic mass is 32.2. The van der Waals surface area contributed by atoms with Gasteiger partial charge in [0, 0.05) is 17.0 Å². The fraction of sp³-hybridized carbons (Fsp3) is 0.333. The van der Waals surface area contributed by atoms with Gasteiger partial charge in [-0.2, -0.15) is 0 Å². The Morgan fingerprint density at radius 3 is 2.50 bits per heavy atom. The highest BCUT2D eigenvalue weighted by molar-refractivity contribution is 7.93. The van der Waals surface area contributed by atoms with Crippen molar-refractivity contribution in [3.8, 4) is 0 Å². The van der Waals surface area contributed by atoms with Gasteiger partial charge in [-0.25, -0.2) is 18.4 Å². The number of hydrogen-bond acceptors (Lipinski definition) is 6. The van der Waals surface area contributed by atoms with Crippen molar-refractivity contribution in [3.63, 3.8) is 0 Å². The molecule has 0 aliphatic rings. The molecule has 0 bridgehead atoms. The molecule has 0 fully saturated rings. The Morgan fingerprint density at radius 2 is 2.00 bits per heavy atom. The van der Waals surface area contributed by atoms with E-state index >= 15 is 0 Å². The van der Waals surface area contributed by atoms with Crippen LogP contribution >= 0.6 is 11.3 Å². The third kappa shape index (κ3) is 3.26. The lowest BCUT2D eigenvalue weighted by Crippen LogP contribution is -2.15. The molecule has 0 aromatic carbocycles. The minimum absolute atomic E-state index is 0.0548. The minimum atomic E-state index is -3.68. The Kier molecular flexibility index (Phi) is 3.70. The van der Waals surface area contributed by atoms with Gasteiger partial charge < -0.3 is 5.73 Å². The lowest BCUT2D eigenvalue weighted by atomic mass is 9.93. The van der Waals surface area contributed by atoms with E-state index in [2.05, 4.69) is 14.7 Å². The molecule has 0 spiro atoms.